The lowest BCUT2D eigenvalue weighted by Gasteiger charge is -2.10. The topological polar surface area (TPSA) is 0 Å². The molecule has 0 saturated carbocycles. The standard InChI is InChI=1S/C15H13ClS2/c16-13-6-2-4-8-15(13)18-10-11-9-17-14-7-3-1-5-12(11)14/h1-8,11H,9-10H2. The van der Waals surface area contributed by atoms with Crippen LogP contribution in [0.5, 0.6) is 0 Å². The molecule has 0 aromatic heterocycles. The van der Waals surface area contributed by atoms with E-state index in [1.807, 2.05) is 41.7 Å². The smallest absolute Gasteiger partial charge is 0.0541 e. The Balaban J connectivity index is 1.71. The predicted octanol–water partition coefficient (Wildman–Crippen LogP) is 5.32. The van der Waals surface area contributed by atoms with Crippen molar-refractivity contribution in [1.29, 1.82) is 0 Å². The molecule has 1 aliphatic heterocycles. The van der Waals surface area contributed by atoms with Crippen LogP contribution in [0.4, 0.5) is 0 Å². The van der Waals surface area contributed by atoms with Crippen molar-refractivity contribution in [2.45, 2.75) is 15.7 Å². The largest absolute Gasteiger partial charge is 0.125 e. The number of hydrogen-bond donors (Lipinski definition) is 0. The van der Waals surface area contributed by atoms with Gasteiger partial charge in [-0.05, 0) is 23.8 Å². The minimum absolute atomic E-state index is 0.646. The summed E-state index contributed by atoms with van der Waals surface area (Å²) in [6.45, 7) is 0. The van der Waals surface area contributed by atoms with Crippen molar-refractivity contribution in [3.05, 3.63) is 59.1 Å². The molecule has 0 saturated heterocycles. The Morgan fingerprint density at radius 1 is 1.11 bits per heavy atom. The van der Waals surface area contributed by atoms with Crippen molar-refractivity contribution >= 4 is 35.1 Å². The van der Waals surface area contributed by atoms with E-state index in [0.29, 0.717) is 5.92 Å². The van der Waals surface area contributed by atoms with Crippen LogP contribution in [0.15, 0.2) is 58.3 Å². The molecule has 0 radical (unpaired) electrons. The number of rotatable bonds is 3. The van der Waals surface area contributed by atoms with E-state index in [-0.39, 0.29) is 0 Å². The molecular formula is C15H13ClS2. The van der Waals surface area contributed by atoms with Crippen LogP contribution in [0, 0.1) is 0 Å². The fraction of sp³-hybridized carbons (Fsp3) is 0.200. The molecule has 1 aliphatic rings. The molecule has 1 atom stereocenters. The van der Waals surface area contributed by atoms with Gasteiger partial charge in [0.25, 0.3) is 0 Å². The van der Waals surface area contributed by atoms with Crippen LogP contribution >= 0.6 is 35.1 Å². The molecule has 3 rings (SSSR count). The van der Waals surface area contributed by atoms with Crippen molar-refractivity contribution in [3.8, 4) is 0 Å². The van der Waals surface area contributed by atoms with E-state index < -0.39 is 0 Å². The third-order valence-corrected chi connectivity index (χ3v) is 6.01. The van der Waals surface area contributed by atoms with E-state index in [0.717, 1.165) is 10.8 Å². The van der Waals surface area contributed by atoms with Crippen LogP contribution in [0.2, 0.25) is 5.02 Å². The summed E-state index contributed by atoms with van der Waals surface area (Å²) in [7, 11) is 0. The Morgan fingerprint density at radius 3 is 2.78 bits per heavy atom. The molecule has 0 aliphatic carbocycles. The lowest BCUT2D eigenvalue weighted by molar-refractivity contribution is 0.896. The molecule has 3 heteroatoms. The van der Waals surface area contributed by atoms with E-state index in [1.54, 1.807) is 0 Å². The molecular weight excluding hydrogens is 280 g/mol. The molecule has 0 spiro atoms. The molecule has 92 valence electrons. The van der Waals surface area contributed by atoms with E-state index >= 15 is 0 Å². The fourth-order valence-corrected chi connectivity index (χ4v) is 4.88. The minimum atomic E-state index is 0.646. The molecule has 0 nitrogen and oxygen atoms in total. The second kappa shape index (κ2) is 5.60. The Kier molecular flexibility index (Phi) is 3.88. The average Bonchev–Trinajstić information content (AvgIpc) is 2.81. The lowest BCUT2D eigenvalue weighted by atomic mass is 10.0. The van der Waals surface area contributed by atoms with Gasteiger partial charge in [-0.1, -0.05) is 41.9 Å². The Bertz CT molecular complexity index is 554. The zero-order valence-electron chi connectivity index (χ0n) is 9.80. The lowest BCUT2D eigenvalue weighted by Crippen LogP contribution is -2.00. The van der Waals surface area contributed by atoms with Crippen LogP contribution in [0.3, 0.4) is 0 Å². The number of thioether (sulfide) groups is 2. The van der Waals surface area contributed by atoms with Gasteiger partial charge in [-0.15, -0.1) is 23.5 Å². The summed E-state index contributed by atoms with van der Waals surface area (Å²) in [5.41, 5.74) is 1.50. The van der Waals surface area contributed by atoms with E-state index in [2.05, 4.69) is 30.3 Å². The zero-order valence-corrected chi connectivity index (χ0v) is 12.2. The highest BCUT2D eigenvalue weighted by Crippen LogP contribution is 2.42. The zero-order chi connectivity index (χ0) is 12.4. The molecule has 0 amide bonds. The Morgan fingerprint density at radius 2 is 1.89 bits per heavy atom. The molecule has 0 fully saturated rings. The van der Waals surface area contributed by atoms with Crippen LogP contribution in [-0.4, -0.2) is 11.5 Å². The Hall–Kier alpha value is -0.570. The van der Waals surface area contributed by atoms with Gasteiger partial charge in [0, 0.05) is 27.2 Å². The first-order valence-electron chi connectivity index (χ1n) is 5.93. The normalized spacial score (nSPS) is 17.7. The van der Waals surface area contributed by atoms with Gasteiger partial charge < -0.3 is 0 Å². The molecule has 2 aromatic rings. The van der Waals surface area contributed by atoms with Gasteiger partial charge >= 0.3 is 0 Å². The first kappa shape index (κ1) is 12.5. The van der Waals surface area contributed by atoms with Gasteiger partial charge in [-0.3, -0.25) is 0 Å². The van der Waals surface area contributed by atoms with Crippen LogP contribution in [0.1, 0.15) is 11.5 Å². The third-order valence-electron chi connectivity index (χ3n) is 3.08. The molecule has 2 aromatic carbocycles. The number of benzene rings is 2. The summed E-state index contributed by atoms with van der Waals surface area (Å²) in [4.78, 5) is 2.64. The average molecular weight is 293 g/mol. The van der Waals surface area contributed by atoms with Gasteiger partial charge in [0.15, 0.2) is 0 Å². The highest BCUT2D eigenvalue weighted by atomic mass is 35.5. The van der Waals surface area contributed by atoms with E-state index in [9.17, 15) is 0 Å². The van der Waals surface area contributed by atoms with Crippen LogP contribution in [-0.2, 0) is 0 Å². The SMILES string of the molecule is Clc1ccccc1SCC1CSc2ccccc21. The first-order chi connectivity index (χ1) is 8.84. The summed E-state index contributed by atoms with van der Waals surface area (Å²) < 4.78 is 0. The highest BCUT2D eigenvalue weighted by Gasteiger charge is 2.22. The Labute approximate surface area is 121 Å². The summed E-state index contributed by atoms with van der Waals surface area (Å²) >= 11 is 10.0. The van der Waals surface area contributed by atoms with Crippen molar-refractivity contribution in [3.63, 3.8) is 0 Å². The molecule has 0 bridgehead atoms. The monoisotopic (exact) mass is 292 g/mol. The van der Waals surface area contributed by atoms with Gasteiger partial charge in [0.05, 0.1) is 5.02 Å². The van der Waals surface area contributed by atoms with E-state index in [1.165, 1.54) is 21.1 Å². The second-order valence-electron chi connectivity index (χ2n) is 4.29. The van der Waals surface area contributed by atoms with E-state index in [4.69, 9.17) is 11.6 Å². The first-order valence-corrected chi connectivity index (χ1v) is 8.28. The maximum atomic E-state index is 6.18. The van der Waals surface area contributed by atoms with Gasteiger partial charge in [-0.2, -0.15) is 0 Å². The molecule has 0 N–H and O–H groups in total. The summed E-state index contributed by atoms with van der Waals surface area (Å²) in [6, 6.07) is 16.8. The van der Waals surface area contributed by atoms with Crippen LogP contribution in [0.25, 0.3) is 0 Å². The van der Waals surface area contributed by atoms with Gasteiger partial charge in [-0.25, -0.2) is 0 Å². The van der Waals surface area contributed by atoms with Gasteiger partial charge in [0.2, 0.25) is 0 Å². The van der Waals surface area contributed by atoms with Crippen molar-refractivity contribution in [2.75, 3.05) is 11.5 Å². The van der Waals surface area contributed by atoms with Crippen LogP contribution < -0.4 is 0 Å². The number of halogens is 1. The fourth-order valence-electron chi connectivity index (χ4n) is 2.12. The van der Waals surface area contributed by atoms with Crippen molar-refractivity contribution < 1.29 is 0 Å². The summed E-state index contributed by atoms with van der Waals surface area (Å²) in [6.07, 6.45) is 0. The van der Waals surface area contributed by atoms with Crippen molar-refractivity contribution in [2.24, 2.45) is 0 Å². The molecule has 18 heavy (non-hydrogen) atoms. The quantitative estimate of drug-likeness (QED) is 0.702. The maximum absolute atomic E-state index is 6.18. The number of hydrogen-bond acceptors (Lipinski definition) is 2. The summed E-state index contributed by atoms with van der Waals surface area (Å²) in [5, 5.41) is 0.862. The minimum Gasteiger partial charge on any atom is -0.125 e. The predicted molar refractivity (Wildman–Crippen MR) is 82.1 cm³/mol. The third kappa shape index (κ3) is 2.56. The maximum Gasteiger partial charge on any atom is 0.0541 e. The second-order valence-corrected chi connectivity index (χ2v) is 6.82. The molecule has 1 unspecified atom stereocenters. The number of fused-ring (bicyclic) bond motifs is 1. The van der Waals surface area contributed by atoms with Gasteiger partial charge in [0.1, 0.15) is 0 Å². The molecule has 1 heterocycles. The highest BCUT2D eigenvalue weighted by molar-refractivity contribution is 8.00. The van der Waals surface area contributed by atoms with Crippen molar-refractivity contribution in [1.82, 2.24) is 0 Å². The summed E-state index contributed by atoms with van der Waals surface area (Å²) in [5.74, 6) is 2.94.